The maximum absolute atomic E-state index is 11.1. The van der Waals surface area contributed by atoms with Gasteiger partial charge in [-0.3, -0.25) is 9.59 Å². The number of carbonyl (C=O) groups is 2. The quantitative estimate of drug-likeness (QED) is 0.848. The molecule has 1 amide bonds. The molecule has 100 valence electrons. The molecule has 5 heteroatoms. The van der Waals surface area contributed by atoms with E-state index in [-0.39, 0.29) is 11.9 Å². The lowest BCUT2D eigenvalue weighted by atomic mass is 10.2. The van der Waals surface area contributed by atoms with Crippen molar-refractivity contribution in [1.82, 2.24) is 9.72 Å². The van der Waals surface area contributed by atoms with E-state index < -0.39 is 0 Å². The van der Waals surface area contributed by atoms with Crippen LogP contribution in [-0.2, 0) is 16.0 Å². The van der Waals surface area contributed by atoms with Crippen LogP contribution in [0.15, 0.2) is 30.6 Å². The van der Waals surface area contributed by atoms with Crippen LogP contribution in [0.4, 0.5) is 0 Å². The van der Waals surface area contributed by atoms with E-state index in [1.165, 1.54) is 13.8 Å². The van der Waals surface area contributed by atoms with E-state index in [2.05, 4.69) is 5.32 Å². The fourth-order valence-electron chi connectivity index (χ4n) is 2.01. The molecule has 2 heterocycles. The summed E-state index contributed by atoms with van der Waals surface area (Å²) in [6, 6.07) is 5.55. The molecule has 19 heavy (non-hydrogen) atoms. The van der Waals surface area contributed by atoms with E-state index in [9.17, 15) is 9.59 Å². The molecule has 1 N–H and O–H groups in total. The molecule has 0 radical (unpaired) electrons. The second-order valence-corrected chi connectivity index (χ2v) is 4.30. The molecule has 2 aromatic rings. The maximum atomic E-state index is 11.1. The van der Waals surface area contributed by atoms with Gasteiger partial charge in [0.25, 0.3) is 0 Å². The first-order valence-corrected chi connectivity index (χ1v) is 6.09. The Kier molecular flexibility index (Phi) is 3.85. The highest BCUT2D eigenvalue weighted by Crippen LogP contribution is 2.24. The molecule has 0 aliphatic heterocycles. The Hall–Kier alpha value is -2.30. The minimum Gasteiger partial charge on any atom is -0.424 e. The Balaban J connectivity index is 2.28. The first-order chi connectivity index (χ1) is 9.08. The minimum absolute atomic E-state index is 0.0521. The molecule has 0 aliphatic rings. The maximum Gasteiger partial charge on any atom is 0.308 e. The number of rotatable bonds is 4. The lowest BCUT2D eigenvalue weighted by Gasteiger charge is -2.07. The second-order valence-electron chi connectivity index (χ2n) is 4.30. The van der Waals surface area contributed by atoms with Gasteiger partial charge in [-0.05, 0) is 30.2 Å². The molecule has 0 saturated heterocycles. The summed E-state index contributed by atoms with van der Waals surface area (Å²) in [5.74, 6) is 0.142. The van der Waals surface area contributed by atoms with Crippen LogP contribution >= 0.6 is 0 Å². The van der Waals surface area contributed by atoms with Crippen molar-refractivity contribution in [2.45, 2.75) is 20.3 Å². The fraction of sp³-hybridized carbons (Fsp3) is 0.286. The Morgan fingerprint density at radius 3 is 2.74 bits per heavy atom. The summed E-state index contributed by atoms with van der Waals surface area (Å²) in [4.78, 5) is 22.0. The van der Waals surface area contributed by atoms with Crippen LogP contribution in [0.3, 0.4) is 0 Å². The van der Waals surface area contributed by atoms with Gasteiger partial charge < -0.3 is 14.5 Å². The first kappa shape index (κ1) is 13.1. The average Bonchev–Trinajstić information content (AvgIpc) is 2.72. The topological polar surface area (TPSA) is 59.8 Å². The summed E-state index contributed by atoms with van der Waals surface area (Å²) in [6.07, 6.45) is 4.49. The summed E-state index contributed by atoms with van der Waals surface area (Å²) in [7, 11) is 0. The van der Waals surface area contributed by atoms with Gasteiger partial charge in [-0.1, -0.05) is 0 Å². The molecule has 0 atom stereocenters. The van der Waals surface area contributed by atoms with Crippen molar-refractivity contribution in [3.05, 3.63) is 36.2 Å². The zero-order valence-electron chi connectivity index (χ0n) is 11.0. The number of carbonyl (C=O) groups excluding carboxylic acids is 2. The van der Waals surface area contributed by atoms with Gasteiger partial charge in [0.2, 0.25) is 5.91 Å². The van der Waals surface area contributed by atoms with E-state index in [1.54, 1.807) is 6.07 Å². The van der Waals surface area contributed by atoms with E-state index in [0.29, 0.717) is 18.7 Å². The number of amides is 1. The van der Waals surface area contributed by atoms with Gasteiger partial charge in [0.15, 0.2) is 5.75 Å². The summed E-state index contributed by atoms with van der Waals surface area (Å²) in [5, 5.41) is 2.75. The van der Waals surface area contributed by atoms with Crippen LogP contribution in [0.5, 0.6) is 5.75 Å². The van der Waals surface area contributed by atoms with E-state index >= 15 is 0 Å². The monoisotopic (exact) mass is 260 g/mol. The Morgan fingerprint density at radius 2 is 2.05 bits per heavy atom. The van der Waals surface area contributed by atoms with E-state index in [1.807, 2.05) is 28.9 Å². The predicted octanol–water partition coefficient (Wildman–Crippen LogP) is 1.54. The molecule has 0 aliphatic carbocycles. The molecular weight excluding hydrogens is 244 g/mol. The van der Waals surface area contributed by atoms with Crippen molar-refractivity contribution in [3.8, 4) is 5.75 Å². The largest absolute Gasteiger partial charge is 0.424 e. The SMILES string of the molecule is CC(=O)NCCc1ccn2cccc(OC(C)=O)c12. The number of hydrogen-bond acceptors (Lipinski definition) is 3. The molecule has 0 spiro atoms. The molecule has 0 unspecified atom stereocenters. The standard InChI is InChI=1S/C14H16N2O3/c1-10(17)15-7-5-12-6-9-16-8-3-4-13(14(12)16)19-11(2)18/h3-4,6,8-9H,5,7H2,1-2H3,(H,15,17). The predicted molar refractivity (Wildman–Crippen MR) is 71.1 cm³/mol. The summed E-state index contributed by atoms with van der Waals surface area (Å²) in [5.41, 5.74) is 1.90. The first-order valence-electron chi connectivity index (χ1n) is 6.09. The van der Waals surface area contributed by atoms with Crippen molar-refractivity contribution in [1.29, 1.82) is 0 Å². The van der Waals surface area contributed by atoms with Crippen molar-refractivity contribution < 1.29 is 14.3 Å². The minimum atomic E-state index is -0.345. The molecule has 2 aromatic heterocycles. The molecule has 0 saturated carbocycles. The smallest absolute Gasteiger partial charge is 0.308 e. The van der Waals surface area contributed by atoms with E-state index in [4.69, 9.17) is 4.74 Å². The van der Waals surface area contributed by atoms with Crippen LogP contribution in [0.25, 0.3) is 5.52 Å². The van der Waals surface area contributed by atoms with Gasteiger partial charge in [0, 0.05) is 32.8 Å². The molecule has 0 bridgehead atoms. The fourth-order valence-corrected chi connectivity index (χ4v) is 2.01. The van der Waals surface area contributed by atoms with Gasteiger partial charge >= 0.3 is 5.97 Å². The number of pyridine rings is 1. The molecular formula is C14H16N2O3. The number of hydrogen-bond donors (Lipinski definition) is 1. The highest BCUT2D eigenvalue weighted by atomic mass is 16.5. The van der Waals surface area contributed by atoms with Crippen LogP contribution in [0, 0.1) is 0 Å². The van der Waals surface area contributed by atoms with Crippen LogP contribution in [0.1, 0.15) is 19.4 Å². The van der Waals surface area contributed by atoms with Gasteiger partial charge in [-0.15, -0.1) is 0 Å². The number of fused-ring (bicyclic) bond motifs is 1. The number of nitrogens with zero attached hydrogens (tertiary/aromatic N) is 1. The summed E-state index contributed by atoms with van der Waals surface area (Å²) >= 11 is 0. The molecule has 0 aromatic carbocycles. The second kappa shape index (κ2) is 5.56. The number of nitrogens with one attached hydrogen (secondary N) is 1. The third-order valence-electron chi connectivity index (χ3n) is 2.75. The molecule has 0 fully saturated rings. The van der Waals surface area contributed by atoms with Crippen LogP contribution in [-0.4, -0.2) is 22.8 Å². The average molecular weight is 260 g/mol. The third kappa shape index (κ3) is 3.13. The molecule has 2 rings (SSSR count). The van der Waals surface area contributed by atoms with Crippen molar-refractivity contribution in [2.24, 2.45) is 0 Å². The zero-order chi connectivity index (χ0) is 13.8. The summed E-state index contributed by atoms with van der Waals surface area (Å²) < 4.78 is 7.11. The zero-order valence-corrected chi connectivity index (χ0v) is 11.0. The summed E-state index contributed by atoms with van der Waals surface area (Å²) in [6.45, 7) is 3.43. The Labute approximate surface area is 111 Å². The van der Waals surface area contributed by atoms with Crippen LogP contribution in [0.2, 0.25) is 0 Å². The van der Waals surface area contributed by atoms with E-state index in [0.717, 1.165) is 11.1 Å². The van der Waals surface area contributed by atoms with Crippen LogP contribution < -0.4 is 10.1 Å². The Morgan fingerprint density at radius 1 is 1.26 bits per heavy atom. The normalized spacial score (nSPS) is 10.4. The van der Waals surface area contributed by atoms with Gasteiger partial charge in [0.05, 0.1) is 5.52 Å². The molecule has 5 nitrogen and oxygen atoms in total. The Bertz CT molecular complexity index is 616. The number of ether oxygens (including phenoxy) is 1. The highest BCUT2D eigenvalue weighted by Gasteiger charge is 2.10. The lowest BCUT2D eigenvalue weighted by molar-refractivity contribution is -0.131. The van der Waals surface area contributed by atoms with Crippen molar-refractivity contribution >= 4 is 17.4 Å². The van der Waals surface area contributed by atoms with Crippen molar-refractivity contribution in [3.63, 3.8) is 0 Å². The van der Waals surface area contributed by atoms with Gasteiger partial charge in [-0.25, -0.2) is 0 Å². The van der Waals surface area contributed by atoms with Gasteiger partial charge in [-0.2, -0.15) is 0 Å². The van der Waals surface area contributed by atoms with Crippen molar-refractivity contribution in [2.75, 3.05) is 6.54 Å². The highest BCUT2D eigenvalue weighted by molar-refractivity contribution is 5.76. The third-order valence-corrected chi connectivity index (χ3v) is 2.75. The lowest BCUT2D eigenvalue weighted by Crippen LogP contribution is -2.22. The number of esters is 1. The number of aromatic nitrogens is 1. The van der Waals surface area contributed by atoms with Gasteiger partial charge in [0.1, 0.15) is 0 Å².